The van der Waals surface area contributed by atoms with Crippen LogP contribution in [0.5, 0.6) is 0 Å². The predicted octanol–water partition coefficient (Wildman–Crippen LogP) is 0.598. The molecule has 4 heterocycles. The van der Waals surface area contributed by atoms with Gasteiger partial charge in [-0.25, -0.2) is 0 Å². The van der Waals surface area contributed by atoms with E-state index in [1.165, 1.54) is 0 Å². The van der Waals surface area contributed by atoms with E-state index in [-0.39, 0.29) is 24.9 Å². The van der Waals surface area contributed by atoms with Crippen molar-refractivity contribution in [3.05, 3.63) is 12.2 Å². The summed E-state index contributed by atoms with van der Waals surface area (Å²) in [6.45, 7) is 9.23. The minimum absolute atomic E-state index is 0.0464. The van der Waals surface area contributed by atoms with Crippen molar-refractivity contribution in [1.82, 2.24) is 0 Å². The second-order valence-corrected chi connectivity index (χ2v) is 14.3. The maximum atomic E-state index is 12.7. The molecule has 7 rings (SSSR count). The summed E-state index contributed by atoms with van der Waals surface area (Å²) in [5, 5.41) is 70.0. The Labute approximate surface area is 235 Å². The van der Waals surface area contributed by atoms with Crippen LogP contribution in [-0.2, 0) is 18.9 Å². The first-order valence-corrected chi connectivity index (χ1v) is 15.3. The third-order valence-corrected chi connectivity index (χ3v) is 12.5. The molecule has 3 bridgehead atoms. The minimum Gasteiger partial charge on any atom is -0.396 e. The van der Waals surface area contributed by atoms with Gasteiger partial charge in [-0.3, -0.25) is 0 Å². The number of epoxide rings is 1. The van der Waals surface area contributed by atoms with Crippen molar-refractivity contribution in [2.45, 2.75) is 125 Å². The van der Waals surface area contributed by atoms with Gasteiger partial charge in [-0.1, -0.05) is 52.5 Å². The Morgan fingerprint density at radius 3 is 2.30 bits per heavy atom. The summed E-state index contributed by atoms with van der Waals surface area (Å²) >= 11 is 0. The van der Waals surface area contributed by atoms with E-state index in [1.807, 2.05) is 13.8 Å². The fourth-order valence-electron chi connectivity index (χ4n) is 10.7. The summed E-state index contributed by atoms with van der Waals surface area (Å²) in [4.78, 5) is 0. The van der Waals surface area contributed by atoms with Crippen LogP contribution < -0.4 is 0 Å². The third-order valence-electron chi connectivity index (χ3n) is 12.5. The average Bonchev–Trinajstić information content (AvgIpc) is 3.57. The molecule has 16 atom stereocenters. The van der Waals surface area contributed by atoms with Gasteiger partial charge in [0.15, 0.2) is 0 Å². The Morgan fingerprint density at radius 1 is 0.950 bits per heavy atom. The van der Waals surface area contributed by atoms with Crippen molar-refractivity contribution in [2.75, 3.05) is 13.2 Å². The quantitative estimate of drug-likeness (QED) is 0.211. The highest BCUT2D eigenvalue weighted by Gasteiger charge is 2.90. The van der Waals surface area contributed by atoms with Crippen molar-refractivity contribution >= 4 is 0 Å². The van der Waals surface area contributed by atoms with Crippen LogP contribution >= 0.6 is 0 Å². The van der Waals surface area contributed by atoms with E-state index in [9.17, 15) is 30.6 Å². The molecule has 10 nitrogen and oxygen atoms in total. The molecule has 0 aromatic rings. The summed E-state index contributed by atoms with van der Waals surface area (Å²) < 4.78 is 26.6. The van der Waals surface area contributed by atoms with Gasteiger partial charge in [-0.05, 0) is 43.1 Å². The number of fused-ring (bicyclic) bond motifs is 1. The van der Waals surface area contributed by atoms with Crippen LogP contribution in [0.3, 0.4) is 0 Å². The van der Waals surface area contributed by atoms with Crippen LogP contribution in [0.4, 0.5) is 0 Å². The molecule has 0 aromatic carbocycles. The molecule has 0 aromatic heterocycles. The highest BCUT2D eigenvalue weighted by atomic mass is 16.9. The topological polar surface area (TPSA) is 162 Å². The van der Waals surface area contributed by atoms with Gasteiger partial charge in [-0.15, -0.1) is 0 Å². The fourth-order valence-corrected chi connectivity index (χ4v) is 10.7. The molecule has 0 amide bonds. The Hall–Kier alpha value is -0.660. The van der Waals surface area contributed by atoms with Crippen molar-refractivity contribution in [2.24, 2.45) is 35.5 Å². The Bertz CT molecular complexity index is 1070. The normalized spacial score (nSPS) is 62.1. The second-order valence-electron chi connectivity index (χ2n) is 14.3. The zero-order chi connectivity index (χ0) is 28.6. The van der Waals surface area contributed by atoms with Gasteiger partial charge >= 0.3 is 5.97 Å². The largest absolute Gasteiger partial charge is 0.396 e. The van der Waals surface area contributed by atoms with E-state index in [0.717, 1.165) is 32.1 Å². The molecule has 0 radical (unpaired) electrons. The number of aliphatic hydroxyl groups is 6. The Kier molecular flexibility index (Phi) is 6.13. The molecule has 4 saturated heterocycles. The smallest absolute Gasteiger partial charge is 0.312 e. The monoisotopic (exact) mass is 566 g/mol. The molecule has 3 aliphatic carbocycles. The second kappa shape index (κ2) is 8.71. The summed E-state index contributed by atoms with van der Waals surface area (Å²) in [7, 11) is 0. The van der Waals surface area contributed by atoms with Gasteiger partial charge in [0.2, 0.25) is 0 Å². The summed E-state index contributed by atoms with van der Waals surface area (Å²) in [5.41, 5.74) is -5.54. The highest BCUT2D eigenvalue weighted by molar-refractivity contribution is 5.38. The number of aliphatic hydroxyl groups excluding tert-OH is 5. The first kappa shape index (κ1) is 28.1. The van der Waals surface area contributed by atoms with E-state index in [1.54, 1.807) is 0 Å². The molecule has 7 fully saturated rings. The number of hydrogen-bond donors (Lipinski definition) is 6. The minimum atomic E-state index is -2.12. The Morgan fingerprint density at radius 2 is 1.65 bits per heavy atom. The lowest BCUT2D eigenvalue weighted by Crippen LogP contribution is -2.75. The zero-order valence-electron chi connectivity index (χ0n) is 23.7. The molecule has 226 valence electrons. The SMILES string of the molecule is C=C(C)[C@]12C[C@@H](CO)[C@@]34OC5(O[C@@H]1[C@@H]3[C@@H]1O[C@]1(CO)[C@@H](O)[C@@]1(O)[C@H]4[C@H]([C@H](C)[C@@H]1O)[C@H](C)CCCCCC[C@H]5O)O2. The average molecular weight is 567 g/mol. The maximum absolute atomic E-state index is 12.7. The molecule has 3 saturated carbocycles. The molecular formula is C30H46O10. The van der Waals surface area contributed by atoms with Crippen molar-refractivity contribution < 1.29 is 49.6 Å². The van der Waals surface area contributed by atoms with Crippen LogP contribution in [0, 0.1) is 35.5 Å². The van der Waals surface area contributed by atoms with Crippen molar-refractivity contribution in [3.63, 3.8) is 0 Å². The lowest BCUT2D eigenvalue weighted by atomic mass is 9.51. The van der Waals surface area contributed by atoms with Gasteiger partial charge in [0.1, 0.15) is 41.2 Å². The first-order chi connectivity index (χ1) is 18.9. The van der Waals surface area contributed by atoms with E-state index >= 15 is 0 Å². The predicted molar refractivity (Wildman–Crippen MR) is 139 cm³/mol. The summed E-state index contributed by atoms with van der Waals surface area (Å²) in [6, 6.07) is 0. The van der Waals surface area contributed by atoms with Crippen LogP contribution in [0.15, 0.2) is 12.2 Å². The summed E-state index contributed by atoms with van der Waals surface area (Å²) in [6.07, 6.45) is -0.546. The van der Waals surface area contributed by atoms with Gasteiger partial charge in [0, 0.05) is 24.4 Å². The summed E-state index contributed by atoms with van der Waals surface area (Å²) in [5.74, 6) is -4.73. The zero-order valence-corrected chi connectivity index (χ0v) is 23.7. The van der Waals surface area contributed by atoms with E-state index in [4.69, 9.17) is 18.9 Å². The van der Waals surface area contributed by atoms with Crippen molar-refractivity contribution in [1.29, 1.82) is 0 Å². The lowest BCUT2D eigenvalue weighted by Gasteiger charge is -2.62. The molecule has 2 spiro atoms. The van der Waals surface area contributed by atoms with E-state index < -0.39 is 89.2 Å². The molecule has 1 unspecified atom stereocenters. The van der Waals surface area contributed by atoms with Crippen LogP contribution in [0.1, 0.15) is 65.7 Å². The van der Waals surface area contributed by atoms with Gasteiger partial charge in [-0.2, -0.15) is 0 Å². The number of hydrogen-bond acceptors (Lipinski definition) is 10. The number of rotatable bonds is 3. The molecule has 6 N–H and O–H groups in total. The Balaban J connectivity index is 1.54. The molecule has 7 aliphatic rings. The van der Waals surface area contributed by atoms with Crippen LogP contribution in [-0.4, -0.2) is 103 Å². The molecule has 40 heavy (non-hydrogen) atoms. The van der Waals surface area contributed by atoms with Crippen LogP contribution in [0.2, 0.25) is 0 Å². The van der Waals surface area contributed by atoms with Crippen LogP contribution in [0.25, 0.3) is 0 Å². The lowest BCUT2D eigenvalue weighted by molar-refractivity contribution is -0.459. The standard InChI is InChI=1S/C30H46O10/c1-14(2)26-11-17(12-31)29-20-23(26)38-30(39-26,40-29)18(33)10-8-6-5-7-9-15(3)19-16(4)22(34)28(36,21(19)29)25(35)27(13-32)24(20)37-27/h15-25,31-36H,1,5-13H2,2-4H3/t15-,16+,17+,18-,19+,20-,21-,22+,23-,24+,25-,26-,27+,28-,29-,30?/m1/s1. The highest BCUT2D eigenvalue weighted by Crippen LogP contribution is 2.75. The molecular weight excluding hydrogens is 520 g/mol. The number of ether oxygens (including phenoxy) is 4. The third kappa shape index (κ3) is 2.99. The molecule has 10 heteroatoms. The van der Waals surface area contributed by atoms with Crippen molar-refractivity contribution in [3.8, 4) is 0 Å². The maximum Gasteiger partial charge on any atom is 0.312 e. The first-order valence-electron chi connectivity index (χ1n) is 15.3. The van der Waals surface area contributed by atoms with Gasteiger partial charge in [0.25, 0.3) is 0 Å². The van der Waals surface area contributed by atoms with Gasteiger partial charge in [0.05, 0.1) is 18.3 Å². The van der Waals surface area contributed by atoms with Gasteiger partial charge < -0.3 is 49.6 Å². The molecule has 4 aliphatic heterocycles. The fraction of sp³-hybridized carbons (Fsp3) is 0.933. The van der Waals surface area contributed by atoms with E-state index in [0.29, 0.717) is 12.0 Å². The van der Waals surface area contributed by atoms with E-state index in [2.05, 4.69) is 13.5 Å².